The Kier molecular flexibility index (Phi) is 3.71. The van der Waals surface area contributed by atoms with Crippen LogP contribution >= 0.6 is 11.8 Å². The van der Waals surface area contributed by atoms with Gasteiger partial charge in [-0.1, -0.05) is 0 Å². The molecule has 1 fully saturated rings. The fourth-order valence-electron chi connectivity index (χ4n) is 1.77. The van der Waals surface area contributed by atoms with Crippen LogP contribution in [0.5, 0.6) is 11.5 Å². The first kappa shape index (κ1) is 13.1. The first-order chi connectivity index (χ1) is 8.60. The zero-order valence-corrected chi connectivity index (χ0v) is 11.3. The lowest BCUT2D eigenvalue weighted by Gasteiger charge is -2.13. The van der Waals surface area contributed by atoms with Gasteiger partial charge in [0, 0.05) is 16.9 Å². The Labute approximate surface area is 111 Å². The third-order valence-corrected chi connectivity index (χ3v) is 4.67. The van der Waals surface area contributed by atoms with Crippen molar-refractivity contribution in [1.29, 1.82) is 0 Å². The number of rotatable bonds is 5. The normalized spacial score (nSPS) is 16.1. The zero-order valence-electron chi connectivity index (χ0n) is 10.5. The molecule has 1 aliphatic carbocycles. The number of amides is 1. The lowest BCUT2D eigenvalue weighted by molar-refractivity contribution is 0.0952. The maximum atomic E-state index is 11.9. The van der Waals surface area contributed by atoms with Crippen molar-refractivity contribution in [2.45, 2.75) is 17.6 Å². The number of hydrogen-bond acceptors (Lipinski definition) is 4. The van der Waals surface area contributed by atoms with E-state index in [9.17, 15) is 9.90 Å². The molecular weight excluding hydrogens is 250 g/mol. The molecule has 1 aliphatic rings. The van der Waals surface area contributed by atoms with Gasteiger partial charge in [0.1, 0.15) is 0 Å². The first-order valence-electron chi connectivity index (χ1n) is 5.80. The molecule has 0 radical (unpaired) electrons. The molecule has 0 unspecified atom stereocenters. The Hall–Kier alpha value is -1.36. The maximum absolute atomic E-state index is 11.9. The van der Waals surface area contributed by atoms with Gasteiger partial charge in [0.2, 0.25) is 0 Å². The first-order valence-corrected chi connectivity index (χ1v) is 7.03. The molecule has 2 N–H and O–H groups in total. The lowest BCUT2D eigenvalue weighted by Crippen LogP contribution is -2.31. The molecule has 98 valence electrons. The summed E-state index contributed by atoms with van der Waals surface area (Å²) in [5.41, 5.74) is 0.449. The molecule has 1 aromatic rings. The predicted octanol–water partition coefficient (Wildman–Crippen LogP) is 2.03. The second kappa shape index (κ2) is 5.10. The Morgan fingerprint density at radius 2 is 2.28 bits per heavy atom. The number of phenolic OH excluding ortho intramolecular Hbond substituents is 1. The van der Waals surface area contributed by atoms with E-state index in [4.69, 9.17) is 4.74 Å². The Morgan fingerprint density at radius 1 is 1.56 bits per heavy atom. The quantitative estimate of drug-likeness (QED) is 0.857. The van der Waals surface area contributed by atoms with E-state index in [2.05, 4.69) is 11.6 Å². The summed E-state index contributed by atoms with van der Waals surface area (Å²) in [4.78, 5) is 11.9. The third-order valence-electron chi connectivity index (χ3n) is 3.25. The average molecular weight is 267 g/mol. The minimum Gasteiger partial charge on any atom is -0.504 e. The van der Waals surface area contributed by atoms with Crippen LogP contribution in [0.1, 0.15) is 23.2 Å². The van der Waals surface area contributed by atoms with E-state index in [-0.39, 0.29) is 16.4 Å². The topological polar surface area (TPSA) is 58.6 Å². The molecule has 0 heterocycles. The third kappa shape index (κ3) is 2.72. The van der Waals surface area contributed by atoms with Gasteiger partial charge in [-0.05, 0) is 37.3 Å². The number of methoxy groups -OCH3 is 1. The minimum atomic E-state index is -0.159. The Balaban J connectivity index is 1.98. The van der Waals surface area contributed by atoms with Crippen molar-refractivity contribution >= 4 is 17.7 Å². The number of carbonyl (C=O) groups excluding carboxylic acids is 1. The summed E-state index contributed by atoms with van der Waals surface area (Å²) < 4.78 is 5.18. The summed E-state index contributed by atoms with van der Waals surface area (Å²) in [6, 6.07) is 4.66. The smallest absolute Gasteiger partial charge is 0.251 e. The molecule has 5 heteroatoms. The highest BCUT2D eigenvalue weighted by Crippen LogP contribution is 2.46. The zero-order chi connectivity index (χ0) is 13.2. The van der Waals surface area contributed by atoms with Gasteiger partial charge in [-0.25, -0.2) is 0 Å². The monoisotopic (exact) mass is 267 g/mol. The summed E-state index contributed by atoms with van der Waals surface area (Å²) in [6.07, 6.45) is 4.38. The number of ether oxygens (including phenoxy) is 1. The standard InChI is InChI=1S/C13H17NO3S/c1-17-11-4-3-9(7-10(11)15)12(16)14-8-13(18-2)5-6-13/h3-4,7,15H,5-6,8H2,1-2H3,(H,14,16). The van der Waals surface area contributed by atoms with Gasteiger partial charge in [0.15, 0.2) is 11.5 Å². The van der Waals surface area contributed by atoms with E-state index in [1.165, 1.54) is 13.2 Å². The molecule has 0 atom stereocenters. The Morgan fingerprint density at radius 3 is 2.78 bits per heavy atom. The summed E-state index contributed by atoms with van der Waals surface area (Å²) in [7, 11) is 1.48. The SMILES string of the molecule is COc1ccc(C(=O)NCC2(SC)CC2)cc1O. The van der Waals surface area contributed by atoms with Crippen molar-refractivity contribution < 1.29 is 14.6 Å². The number of benzene rings is 1. The van der Waals surface area contributed by atoms with Crippen molar-refractivity contribution in [3.63, 3.8) is 0 Å². The van der Waals surface area contributed by atoms with Gasteiger partial charge < -0.3 is 15.2 Å². The number of phenols is 1. The molecule has 1 saturated carbocycles. The van der Waals surface area contributed by atoms with Crippen LogP contribution in [0.2, 0.25) is 0 Å². The van der Waals surface area contributed by atoms with Crippen LogP contribution in [-0.4, -0.2) is 35.7 Å². The van der Waals surface area contributed by atoms with Crippen LogP contribution in [0.25, 0.3) is 0 Å². The molecule has 0 spiro atoms. The fraction of sp³-hybridized carbons (Fsp3) is 0.462. The number of carbonyl (C=O) groups is 1. The number of nitrogens with one attached hydrogen (secondary N) is 1. The molecule has 2 rings (SSSR count). The molecule has 1 aromatic carbocycles. The lowest BCUT2D eigenvalue weighted by atomic mass is 10.2. The molecule has 0 aromatic heterocycles. The van der Waals surface area contributed by atoms with E-state index >= 15 is 0 Å². The Bertz CT molecular complexity index is 458. The second-order valence-corrected chi connectivity index (χ2v) is 5.73. The number of hydrogen-bond donors (Lipinski definition) is 2. The van der Waals surface area contributed by atoms with E-state index in [1.54, 1.807) is 23.9 Å². The van der Waals surface area contributed by atoms with Crippen LogP contribution in [0.4, 0.5) is 0 Å². The minimum absolute atomic E-state index is 0.0175. The van der Waals surface area contributed by atoms with E-state index in [0.717, 1.165) is 12.8 Å². The van der Waals surface area contributed by atoms with Gasteiger partial charge in [0.25, 0.3) is 5.91 Å². The molecule has 1 amide bonds. The fourth-order valence-corrected chi connectivity index (χ4v) is 2.49. The van der Waals surface area contributed by atoms with Crippen LogP contribution in [0, 0.1) is 0 Å². The van der Waals surface area contributed by atoms with Crippen LogP contribution in [0.15, 0.2) is 18.2 Å². The molecular formula is C13H17NO3S. The van der Waals surface area contributed by atoms with Crippen LogP contribution in [-0.2, 0) is 0 Å². The van der Waals surface area contributed by atoms with Crippen molar-refractivity contribution in [3.05, 3.63) is 23.8 Å². The van der Waals surface area contributed by atoms with Gasteiger partial charge >= 0.3 is 0 Å². The van der Waals surface area contributed by atoms with Gasteiger partial charge in [-0.15, -0.1) is 0 Å². The van der Waals surface area contributed by atoms with Crippen molar-refractivity contribution in [3.8, 4) is 11.5 Å². The average Bonchev–Trinajstić information content (AvgIpc) is 3.16. The molecule has 0 aliphatic heterocycles. The number of aromatic hydroxyl groups is 1. The van der Waals surface area contributed by atoms with E-state index in [0.29, 0.717) is 17.9 Å². The highest BCUT2D eigenvalue weighted by Gasteiger charge is 2.41. The van der Waals surface area contributed by atoms with E-state index < -0.39 is 0 Å². The van der Waals surface area contributed by atoms with Crippen LogP contribution < -0.4 is 10.1 Å². The van der Waals surface area contributed by atoms with Crippen molar-refractivity contribution in [2.24, 2.45) is 0 Å². The van der Waals surface area contributed by atoms with E-state index in [1.807, 2.05) is 0 Å². The van der Waals surface area contributed by atoms with Gasteiger partial charge in [0.05, 0.1) is 7.11 Å². The van der Waals surface area contributed by atoms with Gasteiger partial charge in [-0.2, -0.15) is 11.8 Å². The van der Waals surface area contributed by atoms with Crippen molar-refractivity contribution in [1.82, 2.24) is 5.32 Å². The molecule has 18 heavy (non-hydrogen) atoms. The molecule has 4 nitrogen and oxygen atoms in total. The maximum Gasteiger partial charge on any atom is 0.251 e. The summed E-state index contributed by atoms with van der Waals surface area (Å²) in [6.45, 7) is 0.680. The number of thioether (sulfide) groups is 1. The highest BCUT2D eigenvalue weighted by molar-refractivity contribution is 8.00. The second-order valence-electron chi connectivity index (χ2n) is 4.46. The largest absolute Gasteiger partial charge is 0.504 e. The summed E-state index contributed by atoms with van der Waals surface area (Å²) >= 11 is 1.80. The van der Waals surface area contributed by atoms with Crippen LogP contribution in [0.3, 0.4) is 0 Å². The van der Waals surface area contributed by atoms with Gasteiger partial charge in [-0.3, -0.25) is 4.79 Å². The molecule has 0 bridgehead atoms. The predicted molar refractivity (Wildman–Crippen MR) is 72.5 cm³/mol. The van der Waals surface area contributed by atoms with Crippen molar-refractivity contribution in [2.75, 3.05) is 19.9 Å². The highest BCUT2D eigenvalue weighted by atomic mass is 32.2. The summed E-state index contributed by atoms with van der Waals surface area (Å²) in [5, 5.41) is 12.5. The summed E-state index contributed by atoms with van der Waals surface area (Å²) in [5.74, 6) is 0.193. The molecule has 0 saturated heterocycles.